The predicted octanol–water partition coefficient (Wildman–Crippen LogP) is 11.9. The van der Waals surface area contributed by atoms with Crippen molar-refractivity contribution in [2.45, 2.75) is 93.4 Å². The summed E-state index contributed by atoms with van der Waals surface area (Å²) in [5.74, 6) is 1.06. The van der Waals surface area contributed by atoms with Crippen molar-refractivity contribution < 1.29 is 34.7 Å². The molecule has 2 aromatic heterocycles. The minimum absolute atomic E-state index is 0. The van der Waals surface area contributed by atoms with Crippen molar-refractivity contribution in [3.8, 4) is 17.0 Å². The van der Waals surface area contributed by atoms with Gasteiger partial charge in [-0.15, -0.1) is 40.5 Å². The second kappa shape index (κ2) is 15.9. The molecule has 1 radical (unpaired) electrons. The van der Waals surface area contributed by atoms with Gasteiger partial charge in [-0.2, -0.15) is 0 Å². The van der Waals surface area contributed by atoms with Gasteiger partial charge in [-0.1, -0.05) is 98.0 Å². The molecule has 3 aromatic carbocycles. The van der Waals surface area contributed by atoms with Crippen molar-refractivity contribution >= 4 is 48.2 Å². The van der Waals surface area contributed by atoms with Crippen LogP contribution in [0, 0.1) is 16.9 Å². The Morgan fingerprint density at radius 3 is 2.17 bits per heavy atom. The Labute approximate surface area is 303 Å². The van der Waals surface area contributed by atoms with E-state index in [0.29, 0.717) is 0 Å². The number of allylic oxidation sites excluding steroid dienone is 2. The van der Waals surface area contributed by atoms with E-state index in [2.05, 4.69) is 74.8 Å². The van der Waals surface area contributed by atoms with Gasteiger partial charge in [-0.3, -0.25) is 9.78 Å². The number of ketones is 1. The van der Waals surface area contributed by atoms with Crippen LogP contribution < -0.4 is 4.74 Å². The van der Waals surface area contributed by atoms with Crippen LogP contribution in [0.1, 0.15) is 93.6 Å². The van der Waals surface area contributed by atoms with Gasteiger partial charge in [-0.25, -0.2) is 4.98 Å². The van der Waals surface area contributed by atoms with Gasteiger partial charge in [0.1, 0.15) is 22.7 Å². The molecule has 0 fully saturated rings. The number of fused-ring (bicyclic) bond motifs is 4. The van der Waals surface area contributed by atoms with Gasteiger partial charge in [0.05, 0.1) is 6.26 Å². The molecule has 0 spiro atoms. The maximum Gasteiger partial charge on any atom is 0.164 e. The fourth-order valence-corrected chi connectivity index (χ4v) is 6.69. The Kier molecular flexibility index (Phi) is 12.9. The number of carbonyl (C=O) groups excluding carboxylic acids is 1. The number of rotatable bonds is 10. The van der Waals surface area contributed by atoms with Crippen LogP contribution in [0.15, 0.2) is 79.5 Å². The Bertz CT molecular complexity index is 1930. The van der Waals surface area contributed by atoms with E-state index in [4.69, 9.17) is 9.72 Å². The van der Waals surface area contributed by atoms with Crippen LogP contribution in [-0.4, -0.2) is 20.9 Å². The molecule has 0 aliphatic heterocycles. The zero-order chi connectivity index (χ0) is 34.6. The minimum Gasteiger partial charge on any atom is -0.512 e. The fourth-order valence-electron chi connectivity index (χ4n) is 5.62. The Morgan fingerprint density at radius 2 is 1.56 bits per heavy atom. The first kappa shape index (κ1) is 39.1. The molecule has 1 N–H and O–H groups in total. The molecule has 2 heterocycles. The first-order valence-electron chi connectivity index (χ1n) is 16.6. The topological polar surface area (TPSA) is 72.3 Å². The number of benzene rings is 3. The summed E-state index contributed by atoms with van der Waals surface area (Å²) < 4.78 is 6.57. The van der Waals surface area contributed by atoms with Crippen LogP contribution in [0.5, 0.6) is 5.75 Å². The standard InChI is InChI=1S/C26H21N2OS.C15H28O2.Ir/c1-5-29-18-10-11-20-22(14-18)30-25-23(20)24(27-15-28-25)17-12-16-8-6-7-9-19(16)21(13-17)26(2,3)4;1-7-14(5,8-2)12(16)11-13(17)15(6,9-3)10-4;/h5-11,13-15H,1H2,2-4H3;11,16H,7-10H2,1-6H3;/q-1;;/b;12-11-;. The average molecular weight is 842 g/mol. The molecule has 5 rings (SSSR count). The molecule has 5 aromatic rings. The van der Waals surface area contributed by atoms with E-state index in [-0.39, 0.29) is 47.9 Å². The predicted molar refractivity (Wildman–Crippen MR) is 199 cm³/mol. The molecule has 0 amide bonds. The summed E-state index contributed by atoms with van der Waals surface area (Å²) in [6.07, 6.45) is 7.84. The van der Waals surface area contributed by atoms with E-state index in [0.717, 1.165) is 68.4 Å². The summed E-state index contributed by atoms with van der Waals surface area (Å²) in [6.45, 7) is 22.5. The van der Waals surface area contributed by atoms with Gasteiger partial charge in [0.25, 0.3) is 0 Å². The fraction of sp³-hybridized carbons (Fsp3) is 0.390. The van der Waals surface area contributed by atoms with Crippen molar-refractivity contribution in [1.82, 2.24) is 9.97 Å². The van der Waals surface area contributed by atoms with Crippen LogP contribution in [0.2, 0.25) is 0 Å². The Balaban J connectivity index is 0.000000301. The van der Waals surface area contributed by atoms with Gasteiger partial charge in [0.2, 0.25) is 0 Å². The number of aromatic nitrogens is 2. The second-order valence-corrected chi connectivity index (χ2v) is 14.8. The summed E-state index contributed by atoms with van der Waals surface area (Å²) >= 11 is 1.64. The van der Waals surface area contributed by atoms with Crippen LogP contribution in [-0.2, 0) is 30.3 Å². The molecule has 0 aliphatic carbocycles. The maximum absolute atomic E-state index is 12.2. The van der Waals surface area contributed by atoms with E-state index >= 15 is 0 Å². The van der Waals surface area contributed by atoms with Crippen molar-refractivity contribution in [3.63, 3.8) is 0 Å². The number of ether oxygens (including phenoxy) is 1. The minimum atomic E-state index is -0.337. The van der Waals surface area contributed by atoms with E-state index in [9.17, 15) is 9.90 Å². The van der Waals surface area contributed by atoms with Crippen molar-refractivity contribution in [2.24, 2.45) is 10.8 Å². The van der Waals surface area contributed by atoms with E-state index in [1.54, 1.807) is 17.7 Å². The van der Waals surface area contributed by atoms with Gasteiger partial charge in [-0.05, 0) is 54.7 Å². The van der Waals surface area contributed by atoms with Crippen LogP contribution in [0.4, 0.5) is 0 Å². The van der Waals surface area contributed by atoms with Crippen molar-refractivity contribution in [1.29, 1.82) is 0 Å². The number of carbonyl (C=O) groups is 1. The van der Waals surface area contributed by atoms with Crippen molar-refractivity contribution in [2.75, 3.05) is 0 Å². The van der Waals surface area contributed by atoms with Crippen LogP contribution >= 0.6 is 11.3 Å². The zero-order valence-corrected chi connectivity index (χ0v) is 33.0. The van der Waals surface area contributed by atoms with Gasteiger partial charge < -0.3 is 9.84 Å². The number of hydrogen-bond donors (Lipinski definition) is 1. The number of hydrogen-bond acceptors (Lipinski definition) is 6. The Morgan fingerprint density at radius 1 is 0.917 bits per heavy atom. The third-order valence-corrected chi connectivity index (χ3v) is 11.0. The van der Waals surface area contributed by atoms with Crippen molar-refractivity contribution in [3.05, 3.63) is 91.2 Å². The van der Waals surface area contributed by atoms with E-state index < -0.39 is 0 Å². The molecule has 0 saturated heterocycles. The zero-order valence-electron chi connectivity index (χ0n) is 29.8. The first-order valence-corrected chi connectivity index (χ1v) is 17.4. The quantitative estimate of drug-likeness (QED) is 0.0861. The monoisotopic (exact) mass is 842 g/mol. The largest absolute Gasteiger partial charge is 0.512 e. The molecule has 0 aliphatic rings. The second-order valence-electron chi connectivity index (χ2n) is 13.8. The number of thiophene rings is 1. The molecule has 48 heavy (non-hydrogen) atoms. The molecule has 0 atom stereocenters. The van der Waals surface area contributed by atoms with Crippen LogP contribution in [0.25, 0.3) is 42.3 Å². The van der Waals surface area contributed by atoms with E-state index in [1.807, 2.05) is 53.7 Å². The number of aliphatic hydroxyl groups is 1. The smallest absolute Gasteiger partial charge is 0.164 e. The average Bonchev–Trinajstić information content (AvgIpc) is 3.45. The molecule has 0 saturated carbocycles. The van der Waals surface area contributed by atoms with Gasteiger partial charge in [0, 0.05) is 52.8 Å². The summed E-state index contributed by atoms with van der Waals surface area (Å²) in [5.41, 5.74) is 2.61. The van der Waals surface area contributed by atoms with Gasteiger partial charge in [0.15, 0.2) is 5.78 Å². The third-order valence-electron chi connectivity index (χ3n) is 9.90. The summed E-state index contributed by atoms with van der Waals surface area (Å²) in [6, 6.07) is 20.3. The molecular weight excluding hydrogens is 793 g/mol. The summed E-state index contributed by atoms with van der Waals surface area (Å²) in [7, 11) is 0. The molecule has 5 nitrogen and oxygen atoms in total. The first-order chi connectivity index (χ1) is 22.2. The maximum atomic E-state index is 12.2. The SMILES string of the molecule is C=COc1ccc2c(c1)sc1ncnc(-c3[c-]c4ccccc4c(C(C)(C)C)c3)c12.CCC(C)(CC)C(=O)/C=C(\O)C(C)(CC)CC.[Ir]. The molecular formula is C41H49IrN2O3S-. The summed E-state index contributed by atoms with van der Waals surface area (Å²) in [4.78, 5) is 22.4. The molecule has 0 unspecified atom stereocenters. The number of nitrogens with zero attached hydrogens (tertiary/aromatic N) is 2. The molecule has 7 heteroatoms. The third kappa shape index (κ3) is 8.07. The van der Waals surface area contributed by atoms with E-state index in [1.165, 1.54) is 23.3 Å². The number of aliphatic hydroxyl groups excluding tert-OH is 1. The molecule has 257 valence electrons. The summed E-state index contributed by atoms with van der Waals surface area (Å²) in [5, 5.41) is 14.7. The molecule has 0 bridgehead atoms. The normalized spacial score (nSPS) is 12.4. The van der Waals surface area contributed by atoms with Crippen LogP contribution in [0.3, 0.4) is 0 Å². The van der Waals surface area contributed by atoms with Gasteiger partial charge >= 0.3 is 0 Å². The Hall–Kier alpha value is -3.38.